The van der Waals surface area contributed by atoms with E-state index in [1.165, 1.54) is 11.0 Å². The summed E-state index contributed by atoms with van der Waals surface area (Å²) in [5.74, 6) is -0.599. The zero-order chi connectivity index (χ0) is 16.7. The first-order valence-corrected chi connectivity index (χ1v) is 7.58. The van der Waals surface area contributed by atoms with Gasteiger partial charge in [0.05, 0.1) is 16.0 Å². The number of rotatable bonds is 2. The number of allylic oxidation sites excluding steroid dienone is 4. The van der Waals surface area contributed by atoms with Gasteiger partial charge in [-0.05, 0) is 23.8 Å². The Morgan fingerprint density at radius 2 is 1.77 bits per heavy atom. The average molecular weight is 371 g/mol. The zero-order valence-electron chi connectivity index (χ0n) is 11.8. The number of alkyl halides is 4. The summed E-state index contributed by atoms with van der Waals surface area (Å²) in [5.41, 5.74) is -0.264. The molecule has 0 bridgehead atoms. The van der Waals surface area contributed by atoms with Crippen molar-refractivity contribution >= 4 is 40.5 Å². The van der Waals surface area contributed by atoms with Crippen molar-refractivity contribution in [3.8, 4) is 0 Å². The zero-order valence-corrected chi connectivity index (χ0v) is 14.0. The number of halogens is 6. The van der Waals surface area contributed by atoms with E-state index in [0.29, 0.717) is 5.56 Å². The summed E-state index contributed by atoms with van der Waals surface area (Å²) >= 11 is 18.3. The summed E-state index contributed by atoms with van der Waals surface area (Å²) in [6.07, 6.45) is -1.30. The lowest BCUT2D eigenvalue weighted by atomic mass is 9.90. The number of nitrogens with zero attached hydrogens (tertiary/aromatic N) is 1. The van der Waals surface area contributed by atoms with E-state index in [4.69, 9.17) is 34.8 Å². The molecule has 1 nitrogen and oxygen atoms in total. The first kappa shape index (κ1) is 17.5. The van der Waals surface area contributed by atoms with Crippen molar-refractivity contribution in [1.82, 2.24) is 0 Å². The normalized spacial score (nSPS) is 22.2. The molecule has 2 unspecified atom stereocenters. The smallest absolute Gasteiger partial charge is 0.377 e. The molecule has 1 aromatic carbocycles. The quantitative estimate of drug-likeness (QED) is 0.602. The van der Waals surface area contributed by atoms with Crippen molar-refractivity contribution in [2.75, 3.05) is 19.0 Å². The molecule has 7 heteroatoms. The molecule has 0 fully saturated rings. The average Bonchev–Trinajstić information content (AvgIpc) is 2.42. The second kappa shape index (κ2) is 6.34. The third-order valence-corrected chi connectivity index (χ3v) is 4.68. The highest BCUT2D eigenvalue weighted by Crippen LogP contribution is 2.44. The molecule has 1 aromatic rings. The summed E-state index contributed by atoms with van der Waals surface area (Å²) < 4.78 is 39.8. The predicted molar refractivity (Wildman–Crippen MR) is 86.0 cm³/mol. The summed E-state index contributed by atoms with van der Waals surface area (Å²) in [7, 11) is 3.11. The van der Waals surface area contributed by atoms with E-state index in [0.717, 1.165) is 6.07 Å². The third kappa shape index (κ3) is 3.39. The van der Waals surface area contributed by atoms with Crippen LogP contribution in [0.1, 0.15) is 17.0 Å². The Hall–Kier alpha value is -0.840. The first-order valence-electron chi connectivity index (χ1n) is 6.39. The summed E-state index contributed by atoms with van der Waals surface area (Å²) in [5, 5.41) is -0.0232. The molecule has 1 aliphatic carbocycles. The van der Waals surface area contributed by atoms with Gasteiger partial charge in [0.1, 0.15) is 0 Å². The van der Waals surface area contributed by atoms with Crippen molar-refractivity contribution in [2.24, 2.45) is 0 Å². The van der Waals surface area contributed by atoms with Crippen molar-refractivity contribution in [3.63, 3.8) is 0 Å². The fourth-order valence-electron chi connectivity index (χ4n) is 2.35. The molecule has 2 rings (SSSR count). The molecule has 120 valence electrons. The Morgan fingerprint density at radius 3 is 2.32 bits per heavy atom. The second-order valence-corrected chi connectivity index (χ2v) is 6.46. The first-order chi connectivity index (χ1) is 10.1. The van der Waals surface area contributed by atoms with Crippen LogP contribution in [0.4, 0.5) is 18.9 Å². The molecule has 0 heterocycles. The Kier molecular flexibility index (Phi) is 5.05. The minimum absolute atomic E-state index is 0.0833. The molecule has 0 saturated carbocycles. The van der Waals surface area contributed by atoms with Crippen LogP contribution in [0.15, 0.2) is 40.4 Å². The molecule has 0 saturated heterocycles. The van der Waals surface area contributed by atoms with Gasteiger partial charge >= 0.3 is 6.18 Å². The maximum absolute atomic E-state index is 13.3. The van der Waals surface area contributed by atoms with Gasteiger partial charge in [0.15, 0.2) is 0 Å². The molecule has 0 aliphatic heterocycles. The van der Waals surface area contributed by atoms with Crippen LogP contribution >= 0.6 is 34.8 Å². The monoisotopic (exact) mass is 369 g/mol. The lowest BCUT2D eigenvalue weighted by Gasteiger charge is -2.26. The summed E-state index contributed by atoms with van der Waals surface area (Å²) in [6.45, 7) is 0. The van der Waals surface area contributed by atoms with Crippen LogP contribution in [0.25, 0.3) is 0 Å². The largest absolute Gasteiger partial charge is 0.418 e. The minimum Gasteiger partial charge on any atom is -0.377 e. The lowest BCUT2D eigenvalue weighted by Crippen LogP contribution is -2.19. The van der Waals surface area contributed by atoms with Crippen molar-refractivity contribution in [2.45, 2.75) is 17.5 Å². The van der Waals surface area contributed by atoms with E-state index in [2.05, 4.69) is 0 Å². The fourth-order valence-corrected chi connectivity index (χ4v) is 3.27. The van der Waals surface area contributed by atoms with Crippen LogP contribution in [0.3, 0.4) is 0 Å². The van der Waals surface area contributed by atoms with Gasteiger partial charge in [-0.3, -0.25) is 0 Å². The van der Waals surface area contributed by atoms with E-state index in [1.807, 2.05) is 0 Å². The van der Waals surface area contributed by atoms with E-state index >= 15 is 0 Å². The van der Waals surface area contributed by atoms with Gasteiger partial charge in [-0.25, -0.2) is 0 Å². The van der Waals surface area contributed by atoms with Crippen LogP contribution in [-0.4, -0.2) is 19.5 Å². The van der Waals surface area contributed by atoms with E-state index in [9.17, 15) is 13.2 Å². The molecule has 0 N–H and O–H groups in total. The third-order valence-electron chi connectivity index (χ3n) is 3.41. The predicted octanol–water partition coefficient (Wildman–Crippen LogP) is 5.72. The molecular formula is C15H13Cl3F3N. The maximum atomic E-state index is 13.3. The maximum Gasteiger partial charge on any atom is 0.418 e. The van der Waals surface area contributed by atoms with Crippen LogP contribution in [0, 0.1) is 0 Å². The van der Waals surface area contributed by atoms with Gasteiger partial charge in [0, 0.05) is 30.7 Å². The SMILES string of the molecule is CN(C)c1ccc(C2C(Cl)=C(Cl)C=CC2Cl)cc1C(F)(F)F. The molecule has 0 aromatic heterocycles. The number of anilines is 1. The van der Waals surface area contributed by atoms with Crippen LogP contribution in [-0.2, 0) is 6.18 Å². The Bertz CT molecular complexity index is 635. The molecule has 0 radical (unpaired) electrons. The number of hydrogen-bond donors (Lipinski definition) is 0. The molecule has 0 amide bonds. The highest BCUT2D eigenvalue weighted by molar-refractivity contribution is 6.41. The van der Waals surface area contributed by atoms with Crippen molar-refractivity contribution < 1.29 is 13.2 Å². The highest BCUT2D eigenvalue weighted by atomic mass is 35.5. The van der Waals surface area contributed by atoms with E-state index in [-0.39, 0.29) is 15.8 Å². The highest BCUT2D eigenvalue weighted by Gasteiger charge is 2.36. The summed E-state index contributed by atoms with van der Waals surface area (Å²) in [4.78, 5) is 1.41. The van der Waals surface area contributed by atoms with Gasteiger partial charge < -0.3 is 4.90 Å². The number of hydrogen-bond acceptors (Lipinski definition) is 1. The Labute approximate surface area is 141 Å². The lowest BCUT2D eigenvalue weighted by molar-refractivity contribution is -0.137. The minimum atomic E-state index is -4.47. The van der Waals surface area contributed by atoms with Crippen LogP contribution < -0.4 is 4.90 Å². The molecule has 22 heavy (non-hydrogen) atoms. The van der Waals surface area contributed by atoms with Crippen molar-refractivity contribution in [3.05, 3.63) is 51.5 Å². The topological polar surface area (TPSA) is 3.24 Å². The van der Waals surface area contributed by atoms with Gasteiger partial charge in [-0.1, -0.05) is 35.3 Å². The van der Waals surface area contributed by atoms with E-state index < -0.39 is 23.0 Å². The second-order valence-electron chi connectivity index (χ2n) is 5.15. The van der Waals surface area contributed by atoms with Gasteiger partial charge in [-0.15, -0.1) is 11.6 Å². The fraction of sp³-hybridized carbons (Fsp3) is 0.333. The number of benzene rings is 1. The Morgan fingerprint density at radius 1 is 1.14 bits per heavy atom. The van der Waals surface area contributed by atoms with Crippen LogP contribution in [0.5, 0.6) is 0 Å². The van der Waals surface area contributed by atoms with Gasteiger partial charge in [-0.2, -0.15) is 13.2 Å². The van der Waals surface area contributed by atoms with Gasteiger partial charge in [0.25, 0.3) is 0 Å². The molecular weight excluding hydrogens is 358 g/mol. The van der Waals surface area contributed by atoms with E-state index in [1.54, 1.807) is 32.3 Å². The molecule has 2 atom stereocenters. The Balaban J connectivity index is 2.56. The standard InChI is InChI=1S/C15H13Cl3F3N/c1-22(2)12-6-3-8(7-9(12)15(19,20)21)13-10(16)4-5-11(17)14(13)18/h3-7,10,13H,1-2H3. The molecule has 0 spiro atoms. The van der Waals surface area contributed by atoms with Crippen LogP contribution in [0.2, 0.25) is 0 Å². The van der Waals surface area contributed by atoms with Gasteiger partial charge in [0.2, 0.25) is 0 Å². The summed E-state index contributed by atoms with van der Waals surface area (Å²) in [6, 6.07) is 4.09. The molecule has 1 aliphatic rings. The van der Waals surface area contributed by atoms with Crippen molar-refractivity contribution in [1.29, 1.82) is 0 Å².